The second-order valence-electron chi connectivity index (χ2n) is 6.60. The zero-order valence-electron chi connectivity index (χ0n) is 15.5. The number of nitrogens with one attached hydrogen (secondary N) is 1. The van der Waals surface area contributed by atoms with E-state index >= 15 is 0 Å². The third-order valence-electron chi connectivity index (χ3n) is 4.51. The van der Waals surface area contributed by atoms with Crippen molar-refractivity contribution in [2.75, 3.05) is 12.0 Å². The zero-order valence-corrected chi connectivity index (χ0v) is 15.5. The fraction of sp³-hybridized carbons (Fsp3) is 0.333. The molecule has 7 nitrogen and oxygen atoms in total. The standard InChI is InChI=1S/C18H16F5N5O2/c1-9-14(26-5-4-25-9)15(29)27-10-2-3-12(20)11(6-10)17(8-19)7-13(18(21,22)23)28-16(24)30-17/h2-6,13H,7-8H2,1H3,(H2,24,28)(H,27,29)/t13-,17+/m0/s1. The highest BCUT2D eigenvalue weighted by Crippen LogP contribution is 2.42. The Labute approximate surface area is 167 Å². The van der Waals surface area contributed by atoms with Crippen LogP contribution in [0, 0.1) is 12.7 Å². The number of nitrogens with two attached hydrogens (primary N) is 1. The van der Waals surface area contributed by atoms with Crippen LogP contribution < -0.4 is 11.1 Å². The zero-order chi connectivity index (χ0) is 22.1. The van der Waals surface area contributed by atoms with Crippen LogP contribution >= 0.6 is 0 Å². The van der Waals surface area contributed by atoms with Crippen molar-refractivity contribution < 1.29 is 31.5 Å². The van der Waals surface area contributed by atoms with Crippen LogP contribution in [0.1, 0.15) is 28.2 Å². The summed E-state index contributed by atoms with van der Waals surface area (Å²) in [6.45, 7) is 0.0404. The number of amidine groups is 1. The first-order chi connectivity index (χ1) is 14.1. The van der Waals surface area contributed by atoms with Gasteiger partial charge < -0.3 is 15.8 Å². The average molecular weight is 429 g/mol. The molecule has 3 N–H and O–H groups in total. The van der Waals surface area contributed by atoms with E-state index in [1.807, 2.05) is 0 Å². The van der Waals surface area contributed by atoms with Crippen LogP contribution in [0.15, 0.2) is 35.6 Å². The topological polar surface area (TPSA) is 102 Å². The molecule has 1 aromatic carbocycles. The molecule has 30 heavy (non-hydrogen) atoms. The van der Waals surface area contributed by atoms with Gasteiger partial charge in [0.2, 0.25) is 0 Å². The SMILES string of the molecule is Cc1nccnc1C(=O)Nc1ccc(F)c([C@]2(CF)C[C@@H](C(F)(F)F)N=C(N)O2)c1. The Hall–Kier alpha value is -3.31. The van der Waals surface area contributed by atoms with E-state index in [1.165, 1.54) is 12.4 Å². The smallest absolute Gasteiger partial charge is 0.411 e. The molecule has 3 rings (SSSR count). The Morgan fingerprint density at radius 3 is 2.67 bits per heavy atom. The third-order valence-corrected chi connectivity index (χ3v) is 4.51. The normalized spacial score (nSPS) is 21.5. The first-order valence-electron chi connectivity index (χ1n) is 8.60. The summed E-state index contributed by atoms with van der Waals surface area (Å²) >= 11 is 0. The lowest BCUT2D eigenvalue weighted by Crippen LogP contribution is -2.48. The van der Waals surface area contributed by atoms with Gasteiger partial charge in [0.15, 0.2) is 11.6 Å². The van der Waals surface area contributed by atoms with Crippen LogP contribution in [0.4, 0.5) is 27.6 Å². The Morgan fingerprint density at radius 2 is 2.03 bits per heavy atom. The Kier molecular flexibility index (Phi) is 5.59. The molecule has 0 unspecified atom stereocenters. The molecular formula is C18H16F5N5O2. The number of rotatable bonds is 4. The number of hydrogen-bond acceptors (Lipinski definition) is 6. The van der Waals surface area contributed by atoms with Gasteiger partial charge in [-0.3, -0.25) is 9.78 Å². The summed E-state index contributed by atoms with van der Waals surface area (Å²) in [7, 11) is 0. The fourth-order valence-corrected chi connectivity index (χ4v) is 3.06. The number of halogens is 5. The maximum atomic E-state index is 14.5. The number of amides is 1. The fourth-order valence-electron chi connectivity index (χ4n) is 3.06. The minimum atomic E-state index is -4.83. The van der Waals surface area contributed by atoms with Gasteiger partial charge in [-0.1, -0.05) is 0 Å². The minimum absolute atomic E-state index is 0.00832. The largest absolute Gasteiger partial charge is 0.451 e. The summed E-state index contributed by atoms with van der Waals surface area (Å²) in [5.41, 5.74) is 2.73. The summed E-state index contributed by atoms with van der Waals surface area (Å²) in [5, 5.41) is 2.43. The van der Waals surface area contributed by atoms with Crippen LogP contribution in [-0.4, -0.2) is 40.8 Å². The van der Waals surface area contributed by atoms with Gasteiger partial charge >= 0.3 is 6.18 Å². The van der Waals surface area contributed by atoms with E-state index in [0.29, 0.717) is 5.69 Å². The molecule has 160 valence electrons. The number of hydrogen-bond donors (Lipinski definition) is 2. The van der Waals surface area contributed by atoms with E-state index in [1.54, 1.807) is 6.92 Å². The van der Waals surface area contributed by atoms with Gasteiger partial charge in [0.05, 0.1) is 5.69 Å². The maximum absolute atomic E-state index is 14.5. The number of ether oxygens (including phenoxy) is 1. The lowest BCUT2D eigenvalue weighted by Gasteiger charge is -2.38. The van der Waals surface area contributed by atoms with E-state index < -0.39 is 54.2 Å². The highest BCUT2D eigenvalue weighted by molar-refractivity contribution is 6.03. The molecule has 2 heterocycles. The molecule has 1 aliphatic rings. The molecule has 2 aromatic rings. The molecule has 1 amide bonds. The summed E-state index contributed by atoms with van der Waals surface area (Å²) in [6.07, 6.45) is -3.17. The molecule has 0 aliphatic carbocycles. The van der Waals surface area contributed by atoms with Crippen molar-refractivity contribution in [2.24, 2.45) is 10.7 Å². The van der Waals surface area contributed by atoms with Crippen molar-refractivity contribution in [3.63, 3.8) is 0 Å². The molecule has 0 spiro atoms. The second-order valence-corrected chi connectivity index (χ2v) is 6.60. The third kappa shape index (κ3) is 4.16. The number of aliphatic imine (C=N–C) groups is 1. The van der Waals surface area contributed by atoms with Gasteiger partial charge in [-0.2, -0.15) is 13.2 Å². The number of aryl methyl sites for hydroxylation is 1. The molecule has 12 heteroatoms. The van der Waals surface area contributed by atoms with Crippen molar-refractivity contribution >= 4 is 17.6 Å². The molecule has 0 saturated carbocycles. The summed E-state index contributed by atoms with van der Waals surface area (Å²) in [6, 6.07) is -0.257. The molecule has 0 fully saturated rings. The van der Waals surface area contributed by atoms with Crippen LogP contribution in [0.25, 0.3) is 0 Å². The Bertz CT molecular complexity index is 997. The van der Waals surface area contributed by atoms with Crippen molar-refractivity contribution in [1.29, 1.82) is 0 Å². The van der Waals surface area contributed by atoms with E-state index in [4.69, 9.17) is 10.5 Å². The van der Waals surface area contributed by atoms with Crippen LogP contribution in [0.5, 0.6) is 0 Å². The van der Waals surface area contributed by atoms with Gasteiger partial charge in [-0.25, -0.2) is 18.8 Å². The number of carbonyl (C=O) groups is 1. The number of carbonyl (C=O) groups excluding carboxylic acids is 1. The van der Waals surface area contributed by atoms with Crippen molar-refractivity contribution in [1.82, 2.24) is 9.97 Å². The van der Waals surface area contributed by atoms with Crippen molar-refractivity contribution in [3.8, 4) is 0 Å². The molecule has 0 radical (unpaired) electrons. The highest BCUT2D eigenvalue weighted by Gasteiger charge is 2.52. The lowest BCUT2D eigenvalue weighted by atomic mass is 9.86. The monoisotopic (exact) mass is 429 g/mol. The molecule has 1 aliphatic heterocycles. The van der Waals surface area contributed by atoms with Crippen LogP contribution in [-0.2, 0) is 10.3 Å². The van der Waals surface area contributed by atoms with Crippen molar-refractivity contribution in [3.05, 3.63) is 53.4 Å². The molecule has 0 saturated heterocycles. The first-order valence-corrected chi connectivity index (χ1v) is 8.60. The number of anilines is 1. The molecular weight excluding hydrogens is 413 g/mol. The van der Waals surface area contributed by atoms with E-state index in [2.05, 4.69) is 20.3 Å². The molecule has 1 aromatic heterocycles. The Morgan fingerprint density at radius 1 is 1.33 bits per heavy atom. The first kappa shape index (κ1) is 21.4. The van der Waals surface area contributed by atoms with Crippen LogP contribution in [0.2, 0.25) is 0 Å². The average Bonchev–Trinajstić information content (AvgIpc) is 2.68. The van der Waals surface area contributed by atoms with Gasteiger partial charge in [-0.15, -0.1) is 0 Å². The number of benzene rings is 1. The quantitative estimate of drug-likeness (QED) is 0.728. The number of aromatic nitrogens is 2. The van der Waals surface area contributed by atoms with Gasteiger partial charge in [0.25, 0.3) is 11.9 Å². The predicted molar refractivity (Wildman–Crippen MR) is 95.9 cm³/mol. The Balaban J connectivity index is 1.97. The van der Waals surface area contributed by atoms with E-state index in [9.17, 15) is 26.7 Å². The number of nitrogens with zero attached hydrogens (tertiary/aromatic N) is 3. The maximum Gasteiger partial charge on any atom is 0.411 e. The van der Waals surface area contributed by atoms with Crippen LogP contribution in [0.3, 0.4) is 0 Å². The van der Waals surface area contributed by atoms with E-state index in [-0.39, 0.29) is 11.4 Å². The predicted octanol–water partition coefficient (Wildman–Crippen LogP) is 3.01. The number of alkyl halides is 4. The summed E-state index contributed by atoms with van der Waals surface area (Å²) < 4.78 is 73.1. The molecule has 2 atom stereocenters. The van der Waals surface area contributed by atoms with Gasteiger partial charge in [0, 0.05) is 30.1 Å². The lowest BCUT2D eigenvalue weighted by molar-refractivity contribution is -0.167. The summed E-state index contributed by atoms with van der Waals surface area (Å²) in [4.78, 5) is 23.4. The van der Waals surface area contributed by atoms with E-state index in [0.717, 1.165) is 18.2 Å². The van der Waals surface area contributed by atoms with Crippen molar-refractivity contribution in [2.45, 2.75) is 31.2 Å². The highest BCUT2D eigenvalue weighted by atomic mass is 19.4. The second kappa shape index (κ2) is 7.84. The summed E-state index contributed by atoms with van der Waals surface area (Å²) in [5.74, 6) is -1.72. The molecule has 0 bridgehead atoms. The van der Waals surface area contributed by atoms with Gasteiger partial charge in [0.1, 0.15) is 18.2 Å². The minimum Gasteiger partial charge on any atom is -0.451 e. The van der Waals surface area contributed by atoms with Gasteiger partial charge in [-0.05, 0) is 25.1 Å².